The lowest BCUT2D eigenvalue weighted by molar-refractivity contribution is -0.142. The summed E-state index contributed by atoms with van der Waals surface area (Å²) in [6, 6.07) is 8.14. The number of benzene rings is 2. The number of hydrogen-bond acceptors (Lipinski definition) is 4. The van der Waals surface area contributed by atoms with Crippen molar-refractivity contribution < 1.29 is 27.4 Å². The van der Waals surface area contributed by atoms with Crippen LogP contribution in [0.5, 0.6) is 11.5 Å². The molecule has 2 aromatic rings. The van der Waals surface area contributed by atoms with E-state index < -0.39 is 17.0 Å². The zero-order valence-electron chi connectivity index (χ0n) is 15.6. The Labute approximate surface area is 171 Å². The molecule has 0 aliphatic carbocycles. The van der Waals surface area contributed by atoms with Gasteiger partial charge in [-0.05, 0) is 56.2 Å². The van der Waals surface area contributed by atoms with Crippen molar-refractivity contribution >= 4 is 29.3 Å². The molecule has 2 aromatic carbocycles. The summed E-state index contributed by atoms with van der Waals surface area (Å²) in [7, 11) is 0. The lowest BCUT2D eigenvalue weighted by Crippen LogP contribution is -2.17. The van der Waals surface area contributed by atoms with Crippen LogP contribution in [0.3, 0.4) is 0 Å². The minimum absolute atomic E-state index is 0.116. The zero-order valence-corrected chi connectivity index (χ0v) is 17.2. The van der Waals surface area contributed by atoms with E-state index in [1.54, 1.807) is 25.1 Å². The average Bonchev–Trinajstić information content (AvgIpc) is 2.63. The molecule has 0 spiro atoms. The minimum Gasteiger partial charge on any atom is -0.465 e. The first-order valence-electron chi connectivity index (χ1n) is 8.60. The molecular weight excluding hydrogens is 413 g/mol. The third-order valence-electron chi connectivity index (χ3n) is 3.73. The van der Waals surface area contributed by atoms with Gasteiger partial charge in [-0.2, -0.15) is 13.2 Å². The van der Waals surface area contributed by atoms with Crippen LogP contribution >= 0.6 is 23.4 Å². The van der Waals surface area contributed by atoms with Crippen LogP contribution in [0, 0.1) is 6.92 Å². The van der Waals surface area contributed by atoms with E-state index in [1.165, 1.54) is 17.8 Å². The molecular formula is C20H20ClF3O3S. The van der Waals surface area contributed by atoms with Gasteiger partial charge >= 0.3 is 12.1 Å². The van der Waals surface area contributed by atoms with Crippen molar-refractivity contribution in [2.45, 2.75) is 43.5 Å². The van der Waals surface area contributed by atoms with Crippen LogP contribution in [-0.4, -0.2) is 17.8 Å². The average molecular weight is 433 g/mol. The molecule has 0 fully saturated rings. The van der Waals surface area contributed by atoms with Gasteiger partial charge in [-0.25, -0.2) is 0 Å². The number of rotatable bonds is 7. The SMILES string of the molecule is CCCOC(=O)C(C)Sc1cc(Oc2ccc(C(F)(F)F)cc2Cl)ccc1C. The Bertz CT molecular complexity index is 840. The van der Waals surface area contributed by atoms with Gasteiger partial charge in [0.2, 0.25) is 0 Å². The summed E-state index contributed by atoms with van der Waals surface area (Å²) in [6.45, 7) is 5.93. The van der Waals surface area contributed by atoms with Crippen LogP contribution in [0.15, 0.2) is 41.3 Å². The Morgan fingerprint density at radius 2 is 1.93 bits per heavy atom. The molecule has 1 unspecified atom stereocenters. The Kier molecular flexibility index (Phi) is 7.66. The monoisotopic (exact) mass is 432 g/mol. The lowest BCUT2D eigenvalue weighted by Gasteiger charge is -2.15. The molecule has 0 saturated carbocycles. The Balaban J connectivity index is 2.16. The van der Waals surface area contributed by atoms with Crippen LogP contribution in [0.4, 0.5) is 13.2 Å². The van der Waals surface area contributed by atoms with Gasteiger partial charge in [-0.1, -0.05) is 24.6 Å². The van der Waals surface area contributed by atoms with E-state index in [0.29, 0.717) is 12.4 Å². The van der Waals surface area contributed by atoms with Gasteiger partial charge in [0, 0.05) is 4.90 Å². The molecule has 2 rings (SSSR count). The van der Waals surface area contributed by atoms with Crippen molar-refractivity contribution in [2.24, 2.45) is 0 Å². The summed E-state index contributed by atoms with van der Waals surface area (Å²) in [5, 5.41) is -0.545. The molecule has 3 nitrogen and oxygen atoms in total. The molecule has 0 N–H and O–H groups in total. The molecule has 0 saturated heterocycles. The molecule has 28 heavy (non-hydrogen) atoms. The first-order chi connectivity index (χ1) is 13.1. The second kappa shape index (κ2) is 9.56. The smallest absolute Gasteiger partial charge is 0.416 e. The predicted octanol–water partition coefficient (Wildman–Crippen LogP) is 6.89. The number of carbonyl (C=O) groups excluding carboxylic acids is 1. The second-order valence-electron chi connectivity index (χ2n) is 6.10. The number of alkyl halides is 3. The second-order valence-corrected chi connectivity index (χ2v) is 7.89. The fourth-order valence-electron chi connectivity index (χ4n) is 2.22. The number of thioether (sulfide) groups is 1. The van der Waals surface area contributed by atoms with Gasteiger partial charge in [0.1, 0.15) is 16.7 Å². The number of esters is 1. The number of hydrogen-bond donors (Lipinski definition) is 0. The summed E-state index contributed by atoms with van der Waals surface area (Å²) in [5.41, 5.74) is 0.0930. The van der Waals surface area contributed by atoms with E-state index in [4.69, 9.17) is 21.1 Å². The van der Waals surface area contributed by atoms with Crippen LogP contribution in [0.25, 0.3) is 0 Å². The highest BCUT2D eigenvalue weighted by atomic mass is 35.5. The quantitative estimate of drug-likeness (QED) is 0.352. The molecule has 0 heterocycles. The number of carbonyl (C=O) groups is 1. The molecule has 152 valence electrons. The van der Waals surface area contributed by atoms with E-state index in [1.807, 2.05) is 13.8 Å². The van der Waals surface area contributed by atoms with E-state index >= 15 is 0 Å². The van der Waals surface area contributed by atoms with Crippen molar-refractivity contribution in [1.82, 2.24) is 0 Å². The normalized spacial score (nSPS) is 12.5. The minimum atomic E-state index is -4.47. The first-order valence-corrected chi connectivity index (χ1v) is 9.86. The van der Waals surface area contributed by atoms with Crippen LogP contribution in [0.1, 0.15) is 31.4 Å². The van der Waals surface area contributed by atoms with Gasteiger partial charge in [-0.15, -0.1) is 11.8 Å². The van der Waals surface area contributed by atoms with Gasteiger partial charge in [0.15, 0.2) is 0 Å². The van der Waals surface area contributed by atoms with Crippen molar-refractivity contribution in [2.75, 3.05) is 6.61 Å². The summed E-state index contributed by atoms with van der Waals surface area (Å²) in [5.74, 6) is 0.220. The van der Waals surface area contributed by atoms with E-state index in [-0.39, 0.29) is 16.7 Å². The summed E-state index contributed by atoms with van der Waals surface area (Å²) in [6.07, 6.45) is -3.72. The number of halogens is 4. The highest BCUT2D eigenvalue weighted by Crippen LogP contribution is 2.38. The maximum atomic E-state index is 12.7. The molecule has 0 aliphatic heterocycles. The predicted molar refractivity (Wildman–Crippen MR) is 104 cm³/mol. The number of aryl methyl sites for hydroxylation is 1. The van der Waals surface area contributed by atoms with Crippen molar-refractivity contribution in [3.8, 4) is 11.5 Å². The molecule has 8 heteroatoms. The number of ether oxygens (including phenoxy) is 2. The van der Waals surface area contributed by atoms with Crippen molar-refractivity contribution in [3.63, 3.8) is 0 Å². The van der Waals surface area contributed by atoms with E-state index in [2.05, 4.69) is 0 Å². The van der Waals surface area contributed by atoms with E-state index in [9.17, 15) is 18.0 Å². The highest BCUT2D eigenvalue weighted by molar-refractivity contribution is 8.00. The van der Waals surface area contributed by atoms with Crippen LogP contribution < -0.4 is 4.74 Å². The molecule has 1 atom stereocenters. The van der Waals surface area contributed by atoms with Crippen molar-refractivity contribution in [1.29, 1.82) is 0 Å². The highest BCUT2D eigenvalue weighted by Gasteiger charge is 2.31. The van der Waals surface area contributed by atoms with Crippen molar-refractivity contribution in [3.05, 3.63) is 52.5 Å². The van der Waals surface area contributed by atoms with Crippen LogP contribution in [-0.2, 0) is 15.7 Å². The molecule has 0 bridgehead atoms. The lowest BCUT2D eigenvalue weighted by atomic mass is 10.2. The van der Waals surface area contributed by atoms with E-state index in [0.717, 1.165) is 29.0 Å². The third kappa shape index (κ3) is 6.07. The van der Waals surface area contributed by atoms with Gasteiger partial charge in [0.05, 0.1) is 17.2 Å². The maximum Gasteiger partial charge on any atom is 0.416 e. The van der Waals surface area contributed by atoms with Crippen LogP contribution in [0.2, 0.25) is 5.02 Å². The fraction of sp³-hybridized carbons (Fsp3) is 0.350. The Hall–Kier alpha value is -1.86. The maximum absolute atomic E-state index is 12.7. The summed E-state index contributed by atoms with van der Waals surface area (Å²) >= 11 is 7.27. The molecule has 0 amide bonds. The Morgan fingerprint density at radius 3 is 2.54 bits per heavy atom. The topological polar surface area (TPSA) is 35.5 Å². The standard InChI is InChI=1S/C20H20ClF3O3S/c1-4-9-26-19(25)13(3)28-18-11-15(7-5-12(18)2)27-17-8-6-14(10-16(17)21)20(22,23)24/h5-8,10-11,13H,4,9H2,1-3H3. The summed E-state index contributed by atoms with van der Waals surface area (Å²) in [4.78, 5) is 12.8. The largest absolute Gasteiger partial charge is 0.465 e. The summed E-state index contributed by atoms with van der Waals surface area (Å²) < 4.78 is 49.0. The molecule has 0 aromatic heterocycles. The van der Waals surface area contributed by atoms with Gasteiger partial charge < -0.3 is 9.47 Å². The molecule has 0 radical (unpaired) electrons. The first kappa shape index (κ1) is 22.4. The molecule has 0 aliphatic rings. The zero-order chi connectivity index (χ0) is 20.9. The van der Waals surface area contributed by atoms with Gasteiger partial charge in [0.25, 0.3) is 0 Å². The fourth-order valence-corrected chi connectivity index (χ4v) is 3.42. The van der Waals surface area contributed by atoms with Gasteiger partial charge in [-0.3, -0.25) is 4.79 Å². The third-order valence-corrected chi connectivity index (χ3v) is 5.27. The Morgan fingerprint density at radius 1 is 1.21 bits per heavy atom.